The monoisotopic (exact) mass is 378 g/mol. The van der Waals surface area contributed by atoms with Crippen LogP contribution >= 0.6 is 44.3 Å². The molecule has 0 fully saturated rings. The van der Waals surface area contributed by atoms with Crippen molar-refractivity contribution in [1.29, 1.82) is 0 Å². The van der Waals surface area contributed by atoms with Crippen LogP contribution in [0, 0.1) is 0 Å². The van der Waals surface area contributed by atoms with Gasteiger partial charge in [0.15, 0.2) is 0 Å². The first kappa shape index (κ1) is 19.9. The maximum Gasteiger partial charge on any atom is 0.291 e. The summed E-state index contributed by atoms with van der Waals surface area (Å²) >= 11 is 25.3. The lowest BCUT2D eigenvalue weighted by Crippen LogP contribution is -2.37. The Kier molecular flexibility index (Phi) is 7.13. The van der Waals surface area contributed by atoms with Crippen LogP contribution in [0.15, 0.2) is 9.98 Å². The van der Waals surface area contributed by atoms with E-state index in [1.54, 1.807) is 11.7 Å². The fourth-order valence-electron chi connectivity index (χ4n) is 0.982. The molecular weight excluding hydrogens is 358 g/mol. The van der Waals surface area contributed by atoms with E-state index in [4.69, 9.17) is 44.3 Å². The number of rotatable bonds is 4. The molecule has 0 aromatic heterocycles. The Morgan fingerprint density at radius 3 is 1.21 bits per heavy atom. The van der Waals surface area contributed by atoms with Crippen molar-refractivity contribution in [2.75, 3.05) is 0 Å². The molecule has 0 radical (unpaired) electrons. The average molecular weight is 380 g/mol. The molecule has 19 heavy (non-hydrogen) atoms. The van der Waals surface area contributed by atoms with Crippen LogP contribution in [0.5, 0.6) is 0 Å². The maximum absolute atomic E-state index is 6.34. The molecule has 0 aromatic rings. The summed E-state index contributed by atoms with van der Waals surface area (Å²) in [7, 11) is 0. The molecule has 0 amide bonds. The van der Waals surface area contributed by atoms with E-state index in [1.807, 2.05) is 41.5 Å². The van der Waals surface area contributed by atoms with E-state index in [-0.39, 0.29) is 11.1 Å². The fraction of sp³-hybridized carbons (Fsp3) is 0.818. The van der Waals surface area contributed by atoms with Crippen molar-refractivity contribution in [3.05, 3.63) is 0 Å². The Bertz CT molecular complexity index is 321. The van der Waals surface area contributed by atoms with Gasteiger partial charge in [0.25, 0.3) is 13.4 Å². The van der Waals surface area contributed by atoms with Crippen molar-refractivity contribution in [2.45, 2.75) is 58.3 Å². The molecule has 0 unspecified atom stereocenters. The first-order chi connectivity index (χ1) is 8.12. The van der Waals surface area contributed by atoms with Gasteiger partial charge in [0.1, 0.15) is 0 Å². The van der Waals surface area contributed by atoms with Crippen LogP contribution < -0.4 is 0 Å². The van der Waals surface area contributed by atoms with Crippen LogP contribution in [0.25, 0.3) is 0 Å². The zero-order valence-electron chi connectivity index (χ0n) is 12.3. The lowest BCUT2D eigenvalue weighted by Gasteiger charge is -2.21. The van der Waals surface area contributed by atoms with Crippen molar-refractivity contribution >= 4 is 69.4 Å². The van der Waals surface area contributed by atoms with E-state index >= 15 is 0 Å². The van der Waals surface area contributed by atoms with Crippen LogP contribution in [0.3, 0.4) is 0 Å². The van der Waals surface area contributed by atoms with Crippen LogP contribution in [-0.4, -0.2) is 36.1 Å². The minimum Gasteiger partial charge on any atom is -0.294 e. The zero-order valence-corrected chi connectivity index (χ0v) is 17.3. The summed E-state index contributed by atoms with van der Waals surface area (Å²) in [5, 5.41) is 0. The predicted octanol–water partition coefficient (Wildman–Crippen LogP) is 5.18. The summed E-state index contributed by atoms with van der Waals surface area (Å²) in [4.78, 5) is 8.71. The first-order valence-corrected chi connectivity index (χ1v) is 14.6. The van der Waals surface area contributed by atoms with E-state index < -0.39 is 13.4 Å². The van der Waals surface area contributed by atoms with Gasteiger partial charge in [-0.2, -0.15) is 0 Å². The second-order valence-electron chi connectivity index (χ2n) is 6.56. The Balaban J connectivity index is 4.82. The first-order valence-electron chi connectivity index (χ1n) is 6.00. The van der Waals surface area contributed by atoms with Gasteiger partial charge in [0.05, 0.1) is 11.1 Å². The number of hydrogen-bond donors (Lipinski definition) is 0. The van der Waals surface area contributed by atoms with Crippen LogP contribution in [0.1, 0.15) is 41.5 Å². The van der Waals surface area contributed by atoms with Gasteiger partial charge in [-0.25, -0.2) is 0 Å². The summed E-state index contributed by atoms with van der Waals surface area (Å²) in [5.74, 6) is 3.29. The molecule has 0 aliphatic heterocycles. The zero-order chi connectivity index (χ0) is 15.5. The molecule has 0 heterocycles. The highest BCUT2D eigenvalue weighted by atomic mass is 35.7. The normalized spacial score (nSPS) is 15.7. The highest BCUT2D eigenvalue weighted by Crippen LogP contribution is 2.30. The molecule has 0 atom stereocenters. The third-order valence-electron chi connectivity index (χ3n) is 1.75. The summed E-state index contributed by atoms with van der Waals surface area (Å²) in [6.07, 6.45) is 0. The van der Waals surface area contributed by atoms with Crippen molar-refractivity contribution < 1.29 is 0 Å². The minimum absolute atomic E-state index is 0.204. The minimum atomic E-state index is -2.69. The molecule has 0 spiro atoms. The molecule has 0 N–H and O–H groups in total. The van der Waals surface area contributed by atoms with Gasteiger partial charge in [-0.15, -0.1) is 44.3 Å². The van der Waals surface area contributed by atoms with E-state index in [0.29, 0.717) is 5.67 Å². The van der Waals surface area contributed by atoms with Crippen LogP contribution in [0.2, 0.25) is 5.67 Å². The van der Waals surface area contributed by atoms with Crippen molar-refractivity contribution in [1.82, 2.24) is 0 Å². The van der Waals surface area contributed by atoms with Crippen molar-refractivity contribution in [3.8, 4) is 0 Å². The van der Waals surface area contributed by atoms with Crippen LogP contribution in [0.4, 0.5) is 0 Å². The van der Waals surface area contributed by atoms with E-state index in [2.05, 4.69) is 9.98 Å². The number of hydrogen-bond acceptors (Lipinski definition) is 2. The fourth-order valence-corrected chi connectivity index (χ4v) is 16.0. The lowest BCUT2D eigenvalue weighted by molar-refractivity contribution is 0.587. The average Bonchev–Trinajstić information content (AvgIpc) is 2.09. The molecule has 112 valence electrons. The van der Waals surface area contributed by atoms with Gasteiger partial charge in [-0.3, -0.25) is 9.98 Å². The van der Waals surface area contributed by atoms with E-state index in [9.17, 15) is 0 Å². The van der Waals surface area contributed by atoms with E-state index in [1.165, 1.54) is 0 Å². The molecule has 0 aromatic carbocycles. The highest BCUT2D eigenvalue weighted by molar-refractivity contribution is 7.66. The molecule has 2 nitrogen and oxygen atoms in total. The Labute approximate surface area is 137 Å². The molecule has 0 aliphatic rings. The second kappa shape index (κ2) is 6.80. The quantitative estimate of drug-likeness (QED) is 0.365. The standard InChI is InChI=1S/C11H22Cl4N2Si2/c1-10(2,3)16-7-18(12,13)9-19(14,15)8-17-11(4,5)6/h7-8H,9H2,1-6H3. The highest BCUT2D eigenvalue weighted by Gasteiger charge is 2.40. The Morgan fingerprint density at radius 2 is 1.00 bits per heavy atom. The summed E-state index contributed by atoms with van der Waals surface area (Å²) < 4.78 is 0. The van der Waals surface area contributed by atoms with Gasteiger partial charge >= 0.3 is 0 Å². The Morgan fingerprint density at radius 1 is 0.737 bits per heavy atom. The largest absolute Gasteiger partial charge is 0.294 e. The molecular formula is C11H22Cl4N2Si2. The SMILES string of the molecule is CC(C)(C)N=C[Si](Cl)(Cl)C[Si](Cl)(Cl)C=NC(C)(C)C. The molecule has 8 heteroatoms. The van der Waals surface area contributed by atoms with E-state index in [0.717, 1.165) is 0 Å². The number of halogens is 4. The summed E-state index contributed by atoms with van der Waals surface area (Å²) in [5.41, 5.74) is -0.0277. The van der Waals surface area contributed by atoms with Crippen molar-refractivity contribution in [3.63, 3.8) is 0 Å². The number of aliphatic imine (C=N–C) groups is 2. The summed E-state index contributed by atoms with van der Waals surface area (Å²) in [6.45, 7) is 6.52. The topological polar surface area (TPSA) is 24.7 Å². The third kappa shape index (κ3) is 12.4. The predicted molar refractivity (Wildman–Crippen MR) is 96.2 cm³/mol. The van der Waals surface area contributed by atoms with Gasteiger partial charge < -0.3 is 0 Å². The third-order valence-corrected chi connectivity index (χ3v) is 12.5. The molecule has 0 rings (SSSR count). The maximum atomic E-state index is 6.34. The van der Waals surface area contributed by atoms with Gasteiger partial charge in [0, 0.05) is 17.3 Å². The van der Waals surface area contributed by atoms with Crippen molar-refractivity contribution in [2.24, 2.45) is 9.98 Å². The molecule has 0 saturated heterocycles. The second-order valence-corrected chi connectivity index (χ2v) is 20.8. The number of nitrogens with zero attached hydrogens (tertiary/aromatic N) is 2. The van der Waals surface area contributed by atoms with Gasteiger partial charge in [0.2, 0.25) is 0 Å². The smallest absolute Gasteiger partial charge is 0.291 e. The Hall–Kier alpha value is 0.934. The van der Waals surface area contributed by atoms with Gasteiger partial charge in [-0.1, -0.05) is 0 Å². The molecule has 0 saturated carbocycles. The van der Waals surface area contributed by atoms with Crippen LogP contribution in [-0.2, 0) is 0 Å². The lowest BCUT2D eigenvalue weighted by atomic mass is 10.1. The van der Waals surface area contributed by atoms with Gasteiger partial charge in [-0.05, 0) is 41.5 Å². The molecule has 0 bridgehead atoms. The summed E-state index contributed by atoms with van der Waals surface area (Å²) in [6, 6.07) is 0. The molecule has 0 aliphatic carbocycles.